The third-order valence-corrected chi connectivity index (χ3v) is 7.12. The number of carbonyl (C=O) groups is 1. The first-order valence-corrected chi connectivity index (χ1v) is 13.2. The Morgan fingerprint density at radius 1 is 1.13 bits per heavy atom. The van der Waals surface area contributed by atoms with Crippen molar-refractivity contribution in [3.8, 4) is 22.9 Å². The van der Waals surface area contributed by atoms with Gasteiger partial charge in [-0.1, -0.05) is 32.0 Å². The quantitative estimate of drug-likeness (QED) is 0.303. The predicted octanol–water partition coefficient (Wildman–Crippen LogP) is 6.25. The minimum atomic E-state index is -0.534. The predicted molar refractivity (Wildman–Crippen MR) is 146 cm³/mol. The molecule has 0 spiro atoms. The van der Waals surface area contributed by atoms with Crippen LogP contribution in [-0.2, 0) is 22.4 Å². The highest BCUT2D eigenvalue weighted by Gasteiger charge is 2.30. The third-order valence-electron chi connectivity index (χ3n) is 7.12. The van der Waals surface area contributed by atoms with Crippen LogP contribution < -0.4 is 9.64 Å². The minimum absolute atomic E-state index is 0.0974. The molecular weight excluding hydrogens is 500 g/mol. The largest absolute Gasteiger partial charge is 0.490 e. The second kappa shape index (κ2) is 12.2. The Balaban J connectivity index is 1.65. The fraction of sp³-hybridized carbons (Fsp3) is 0.387. The van der Waals surface area contributed by atoms with E-state index in [1.165, 1.54) is 18.2 Å². The Hall–Kier alpha value is -3.99. The molecule has 1 aliphatic rings. The van der Waals surface area contributed by atoms with E-state index < -0.39 is 11.8 Å². The Labute approximate surface area is 228 Å². The molecule has 0 saturated carbocycles. The van der Waals surface area contributed by atoms with Crippen LogP contribution in [0.5, 0.6) is 5.75 Å². The number of nitriles is 1. The Bertz CT molecular complexity index is 1360. The summed E-state index contributed by atoms with van der Waals surface area (Å²) in [6.07, 6.45) is 3.86. The highest BCUT2D eigenvalue weighted by Crippen LogP contribution is 2.40. The minimum Gasteiger partial charge on any atom is -0.490 e. The summed E-state index contributed by atoms with van der Waals surface area (Å²) in [6.45, 7) is 8.12. The summed E-state index contributed by atoms with van der Waals surface area (Å²) in [5.74, 6) is -1.18. The number of carbonyl (C=O) groups excluding carboxylic acids is 1. The second-order valence-corrected chi connectivity index (χ2v) is 10.5. The zero-order valence-corrected chi connectivity index (χ0v) is 22.6. The molecular formula is C31H33F2N3O3. The van der Waals surface area contributed by atoms with Crippen molar-refractivity contribution in [3.63, 3.8) is 0 Å². The van der Waals surface area contributed by atoms with E-state index in [-0.39, 0.29) is 42.3 Å². The van der Waals surface area contributed by atoms with Crippen LogP contribution in [0, 0.1) is 28.4 Å². The van der Waals surface area contributed by atoms with E-state index in [1.54, 1.807) is 37.4 Å². The number of piperidine rings is 1. The summed E-state index contributed by atoms with van der Waals surface area (Å²) in [4.78, 5) is 19.0. The van der Waals surface area contributed by atoms with Gasteiger partial charge in [-0.3, -0.25) is 4.79 Å². The molecule has 1 aliphatic heterocycles. The van der Waals surface area contributed by atoms with Crippen molar-refractivity contribution in [1.82, 2.24) is 4.98 Å². The number of nitrogens with zero attached hydrogens (tertiary/aromatic N) is 3. The van der Waals surface area contributed by atoms with Crippen molar-refractivity contribution in [3.05, 3.63) is 77.1 Å². The number of hydrogen-bond donors (Lipinski definition) is 0. The Morgan fingerprint density at radius 3 is 2.49 bits per heavy atom. The first-order valence-electron chi connectivity index (χ1n) is 13.2. The SMILES string of the molecule is CCOC(=O)Cc1c(C#N)ncc(-c2ccc(OCCc3ccc(F)cc3)c(F)c2)c1N1CCC(C)(C)CC1. The van der Waals surface area contributed by atoms with Gasteiger partial charge in [-0.25, -0.2) is 13.8 Å². The highest BCUT2D eigenvalue weighted by molar-refractivity contribution is 5.86. The molecule has 6 nitrogen and oxygen atoms in total. The number of halogens is 2. The van der Waals surface area contributed by atoms with Crippen LogP contribution in [0.3, 0.4) is 0 Å². The number of rotatable bonds is 9. The first kappa shape index (κ1) is 28.0. The zero-order valence-electron chi connectivity index (χ0n) is 22.6. The van der Waals surface area contributed by atoms with Gasteiger partial charge in [0.25, 0.3) is 0 Å². The van der Waals surface area contributed by atoms with Crippen molar-refractivity contribution in [2.75, 3.05) is 31.2 Å². The van der Waals surface area contributed by atoms with Crippen molar-refractivity contribution >= 4 is 11.7 Å². The van der Waals surface area contributed by atoms with Crippen LogP contribution >= 0.6 is 0 Å². The van der Waals surface area contributed by atoms with Crippen molar-refractivity contribution in [2.45, 2.75) is 46.5 Å². The van der Waals surface area contributed by atoms with E-state index >= 15 is 4.39 Å². The second-order valence-electron chi connectivity index (χ2n) is 10.5. The summed E-state index contributed by atoms with van der Waals surface area (Å²) in [5, 5.41) is 9.81. The number of hydrogen-bond acceptors (Lipinski definition) is 6. The molecule has 1 fully saturated rings. The van der Waals surface area contributed by atoms with E-state index in [2.05, 4.69) is 29.8 Å². The lowest BCUT2D eigenvalue weighted by molar-refractivity contribution is -0.142. The molecule has 3 aromatic rings. The topological polar surface area (TPSA) is 75.5 Å². The highest BCUT2D eigenvalue weighted by atomic mass is 19.1. The van der Waals surface area contributed by atoms with Gasteiger partial charge < -0.3 is 14.4 Å². The maximum Gasteiger partial charge on any atom is 0.310 e. The first-order chi connectivity index (χ1) is 18.7. The van der Waals surface area contributed by atoms with Crippen molar-refractivity contribution < 1.29 is 23.0 Å². The van der Waals surface area contributed by atoms with E-state index in [0.29, 0.717) is 23.1 Å². The molecule has 0 N–H and O–H groups in total. The van der Waals surface area contributed by atoms with E-state index in [4.69, 9.17) is 9.47 Å². The van der Waals surface area contributed by atoms with Crippen LogP contribution in [0.15, 0.2) is 48.7 Å². The monoisotopic (exact) mass is 533 g/mol. The van der Waals surface area contributed by atoms with Gasteiger partial charge in [0.15, 0.2) is 11.6 Å². The molecule has 0 amide bonds. The third kappa shape index (κ3) is 6.91. The van der Waals surface area contributed by atoms with Gasteiger partial charge in [-0.2, -0.15) is 5.26 Å². The molecule has 0 bridgehead atoms. The normalized spacial score (nSPS) is 14.5. The fourth-order valence-corrected chi connectivity index (χ4v) is 4.79. The average molecular weight is 534 g/mol. The number of benzene rings is 2. The molecule has 1 aromatic heterocycles. The lowest BCUT2D eigenvalue weighted by Crippen LogP contribution is -2.38. The average Bonchev–Trinajstić information content (AvgIpc) is 2.91. The van der Waals surface area contributed by atoms with Gasteiger partial charge in [0.2, 0.25) is 0 Å². The zero-order chi connectivity index (χ0) is 28.0. The van der Waals surface area contributed by atoms with Gasteiger partial charge >= 0.3 is 5.97 Å². The maximum absolute atomic E-state index is 15.2. The summed E-state index contributed by atoms with van der Waals surface area (Å²) in [7, 11) is 0. The molecule has 204 valence electrons. The standard InChI is InChI=1S/C31H33F2N3O3/c1-4-38-29(37)18-24-27(19-34)35-20-25(30(24)36-14-12-31(2,3)13-15-36)22-7-10-28(26(33)17-22)39-16-11-21-5-8-23(32)9-6-21/h5-10,17,20H,4,11-16,18H2,1-3H3. The molecule has 0 unspecified atom stereocenters. The van der Waals surface area contributed by atoms with Gasteiger partial charge in [0.1, 0.15) is 17.6 Å². The van der Waals surface area contributed by atoms with Crippen molar-refractivity contribution in [1.29, 1.82) is 5.26 Å². The summed E-state index contributed by atoms with van der Waals surface area (Å²) in [6, 6.07) is 12.9. The summed E-state index contributed by atoms with van der Waals surface area (Å²) < 4.78 is 39.2. The van der Waals surface area contributed by atoms with Gasteiger partial charge in [0, 0.05) is 36.8 Å². The van der Waals surface area contributed by atoms with Crippen LogP contribution in [0.2, 0.25) is 0 Å². The molecule has 0 atom stereocenters. The van der Waals surface area contributed by atoms with E-state index in [1.807, 2.05) is 0 Å². The smallest absolute Gasteiger partial charge is 0.310 e. The molecule has 39 heavy (non-hydrogen) atoms. The molecule has 1 saturated heterocycles. The van der Waals surface area contributed by atoms with Gasteiger partial charge in [-0.05, 0) is 60.6 Å². The van der Waals surface area contributed by atoms with Crippen LogP contribution in [0.1, 0.15) is 50.4 Å². The molecule has 0 aliphatic carbocycles. The molecule has 8 heteroatoms. The van der Waals surface area contributed by atoms with Gasteiger partial charge in [-0.15, -0.1) is 0 Å². The van der Waals surface area contributed by atoms with E-state index in [0.717, 1.165) is 37.2 Å². The van der Waals surface area contributed by atoms with Gasteiger partial charge in [0.05, 0.1) is 25.3 Å². The summed E-state index contributed by atoms with van der Waals surface area (Å²) in [5.41, 5.74) is 3.66. The number of esters is 1. The lowest BCUT2D eigenvalue weighted by atomic mass is 9.82. The number of aromatic nitrogens is 1. The molecule has 0 radical (unpaired) electrons. The van der Waals surface area contributed by atoms with Crippen LogP contribution in [0.4, 0.5) is 14.5 Å². The fourth-order valence-electron chi connectivity index (χ4n) is 4.79. The Kier molecular flexibility index (Phi) is 8.80. The number of anilines is 1. The van der Waals surface area contributed by atoms with E-state index in [9.17, 15) is 14.4 Å². The maximum atomic E-state index is 15.2. The number of pyridine rings is 1. The Morgan fingerprint density at radius 2 is 1.85 bits per heavy atom. The molecule has 4 rings (SSSR count). The molecule has 2 aromatic carbocycles. The van der Waals surface area contributed by atoms with Crippen molar-refractivity contribution in [2.24, 2.45) is 5.41 Å². The number of ether oxygens (including phenoxy) is 2. The lowest BCUT2D eigenvalue weighted by Gasteiger charge is -2.40. The molecule has 2 heterocycles. The van der Waals surface area contributed by atoms with Crippen LogP contribution in [-0.4, -0.2) is 37.3 Å². The van der Waals surface area contributed by atoms with Crippen LogP contribution in [0.25, 0.3) is 11.1 Å². The summed E-state index contributed by atoms with van der Waals surface area (Å²) >= 11 is 0.